The van der Waals surface area contributed by atoms with Gasteiger partial charge in [-0.3, -0.25) is 0 Å². The van der Waals surface area contributed by atoms with E-state index in [4.69, 9.17) is 9.97 Å². The van der Waals surface area contributed by atoms with Crippen molar-refractivity contribution in [2.75, 3.05) is 11.9 Å². The number of nitrogens with zero attached hydrogens (tertiary/aromatic N) is 5. The van der Waals surface area contributed by atoms with Crippen LogP contribution in [-0.2, 0) is 6.54 Å². The third-order valence-electron chi connectivity index (χ3n) is 3.95. The minimum atomic E-state index is 0.778. The monoisotopic (exact) mass is 350 g/mol. The third kappa shape index (κ3) is 3.66. The lowest BCUT2D eigenvalue weighted by Crippen LogP contribution is -2.07. The van der Waals surface area contributed by atoms with Crippen molar-refractivity contribution in [3.8, 4) is 10.7 Å². The van der Waals surface area contributed by atoms with Crippen LogP contribution in [0.5, 0.6) is 0 Å². The van der Waals surface area contributed by atoms with Crippen molar-refractivity contribution in [3.63, 3.8) is 0 Å². The van der Waals surface area contributed by atoms with Gasteiger partial charge in [-0.25, -0.2) is 9.97 Å². The Morgan fingerprint density at radius 3 is 2.68 bits per heavy atom. The highest BCUT2D eigenvalue weighted by atomic mass is 32.1. The van der Waals surface area contributed by atoms with Crippen LogP contribution in [0.25, 0.3) is 21.6 Å². The fourth-order valence-electron chi connectivity index (χ4n) is 2.69. The first-order valence-electron chi connectivity index (χ1n) is 8.27. The van der Waals surface area contributed by atoms with Crippen LogP contribution in [0.1, 0.15) is 12.8 Å². The summed E-state index contributed by atoms with van der Waals surface area (Å²) in [6.07, 6.45) is 5.61. The highest BCUT2D eigenvalue weighted by Gasteiger charge is 2.09. The van der Waals surface area contributed by atoms with E-state index in [1.807, 2.05) is 34.2 Å². The summed E-state index contributed by atoms with van der Waals surface area (Å²) in [5, 5.41) is 14.2. The number of para-hydroxylation sites is 1. The summed E-state index contributed by atoms with van der Waals surface area (Å²) in [6.45, 7) is 1.80. The number of hydrogen-bond donors (Lipinski definition) is 1. The second-order valence-corrected chi connectivity index (χ2v) is 6.67. The van der Waals surface area contributed by atoms with Gasteiger partial charge < -0.3 is 9.88 Å². The number of hydrogen-bond acceptors (Lipinski definition) is 6. The van der Waals surface area contributed by atoms with Crippen LogP contribution in [0.4, 0.5) is 5.82 Å². The lowest BCUT2D eigenvalue weighted by atomic mass is 10.2. The van der Waals surface area contributed by atoms with Crippen LogP contribution < -0.4 is 5.32 Å². The average Bonchev–Trinajstić information content (AvgIpc) is 3.35. The molecule has 3 heterocycles. The van der Waals surface area contributed by atoms with Crippen LogP contribution in [0, 0.1) is 0 Å². The van der Waals surface area contributed by atoms with Crippen LogP contribution >= 0.6 is 11.3 Å². The van der Waals surface area contributed by atoms with E-state index in [1.54, 1.807) is 24.0 Å². The molecule has 0 saturated heterocycles. The lowest BCUT2D eigenvalue weighted by molar-refractivity contribution is 0.619. The first-order chi connectivity index (χ1) is 12.4. The molecule has 3 aromatic heterocycles. The summed E-state index contributed by atoms with van der Waals surface area (Å²) in [7, 11) is 0. The second-order valence-electron chi connectivity index (χ2n) is 5.72. The molecule has 0 unspecified atom stereocenters. The Bertz CT molecular complexity index is 934. The Labute approximate surface area is 149 Å². The summed E-state index contributed by atoms with van der Waals surface area (Å²) < 4.78 is 2.00. The zero-order valence-corrected chi connectivity index (χ0v) is 14.5. The van der Waals surface area contributed by atoms with E-state index in [-0.39, 0.29) is 0 Å². The number of nitrogens with one attached hydrogen (secondary N) is 1. The maximum absolute atomic E-state index is 4.75. The molecule has 4 aromatic rings. The van der Waals surface area contributed by atoms with E-state index < -0.39 is 0 Å². The van der Waals surface area contributed by atoms with Gasteiger partial charge in [-0.1, -0.05) is 18.2 Å². The highest BCUT2D eigenvalue weighted by molar-refractivity contribution is 7.13. The van der Waals surface area contributed by atoms with E-state index in [0.29, 0.717) is 0 Å². The molecule has 4 rings (SSSR count). The number of anilines is 1. The molecule has 126 valence electrons. The van der Waals surface area contributed by atoms with Crippen LogP contribution in [-0.4, -0.2) is 31.3 Å². The molecule has 25 heavy (non-hydrogen) atoms. The van der Waals surface area contributed by atoms with Crippen molar-refractivity contribution in [1.82, 2.24) is 24.7 Å². The third-order valence-corrected chi connectivity index (χ3v) is 4.81. The molecule has 0 fully saturated rings. The summed E-state index contributed by atoms with van der Waals surface area (Å²) in [5.41, 5.74) is 0.966. The Kier molecular flexibility index (Phi) is 4.65. The van der Waals surface area contributed by atoms with Gasteiger partial charge in [0.1, 0.15) is 18.5 Å². The van der Waals surface area contributed by atoms with E-state index in [0.717, 1.165) is 53.4 Å². The molecule has 1 aromatic carbocycles. The van der Waals surface area contributed by atoms with E-state index in [2.05, 4.69) is 27.6 Å². The molecule has 0 aliphatic heterocycles. The topological polar surface area (TPSA) is 68.5 Å². The van der Waals surface area contributed by atoms with Crippen LogP contribution in [0.15, 0.2) is 54.4 Å². The Morgan fingerprint density at radius 1 is 0.960 bits per heavy atom. The van der Waals surface area contributed by atoms with Crippen molar-refractivity contribution in [3.05, 3.63) is 54.4 Å². The molecular weight excluding hydrogens is 332 g/mol. The maximum atomic E-state index is 4.75. The predicted octanol–water partition coefficient (Wildman–Crippen LogP) is 3.84. The minimum absolute atomic E-state index is 0.778. The fourth-order valence-corrected chi connectivity index (χ4v) is 3.35. The number of thiophene rings is 1. The number of benzene rings is 1. The average molecular weight is 350 g/mol. The van der Waals surface area contributed by atoms with Gasteiger partial charge in [-0.15, -0.1) is 21.5 Å². The summed E-state index contributed by atoms with van der Waals surface area (Å²) in [4.78, 5) is 10.5. The summed E-state index contributed by atoms with van der Waals surface area (Å²) in [5.74, 6) is 1.68. The van der Waals surface area contributed by atoms with Crippen LogP contribution in [0.3, 0.4) is 0 Å². The SMILES string of the molecule is c1csc(-c2nc(NCCCCn3cnnc3)c3ccccc3n2)c1. The largest absolute Gasteiger partial charge is 0.369 e. The summed E-state index contributed by atoms with van der Waals surface area (Å²) in [6, 6.07) is 12.2. The number of fused-ring (bicyclic) bond motifs is 1. The molecule has 7 heteroatoms. The molecule has 0 atom stereocenters. The Hall–Kier alpha value is -2.80. The molecule has 0 bridgehead atoms. The van der Waals surface area contributed by atoms with E-state index in [9.17, 15) is 0 Å². The molecule has 0 spiro atoms. The van der Waals surface area contributed by atoms with Gasteiger partial charge >= 0.3 is 0 Å². The molecular formula is C18H18N6S. The first kappa shape index (κ1) is 15.7. The number of rotatable bonds is 7. The number of aromatic nitrogens is 5. The molecule has 0 aliphatic rings. The van der Waals surface area contributed by atoms with Crippen LogP contribution in [0.2, 0.25) is 0 Å². The van der Waals surface area contributed by atoms with Crippen molar-refractivity contribution in [2.45, 2.75) is 19.4 Å². The normalized spacial score (nSPS) is 11.0. The van der Waals surface area contributed by atoms with Crippen molar-refractivity contribution in [2.24, 2.45) is 0 Å². The van der Waals surface area contributed by atoms with E-state index in [1.165, 1.54) is 0 Å². The standard InChI is InChI=1S/C18H18N6S/c1-2-7-15-14(6-1)17(23-18(22-15)16-8-5-11-25-16)19-9-3-4-10-24-12-20-21-13-24/h1-2,5-8,11-13H,3-4,9-10H2,(H,19,22,23). The predicted molar refractivity (Wildman–Crippen MR) is 101 cm³/mol. The molecule has 0 amide bonds. The zero-order chi connectivity index (χ0) is 16.9. The maximum Gasteiger partial charge on any atom is 0.172 e. The Balaban J connectivity index is 1.47. The fraction of sp³-hybridized carbons (Fsp3) is 0.222. The quantitative estimate of drug-likeness (QED) is 0.513. The van der Waals surface area contributed by atoms with Crippen molar-refractivity contribution >= 4 is 28.1 Å². The molecule has 1 N–H and O–H groups in total. The zero-order valence-electron chi connectivity index (χ0n) is 13.7. The van der Waals surface area contributed by atoms with Gasteiger partial charge in [0.25, 0.3) is 0 Å². The van der Waals surface area contributed by atoms with Crippen molar-refractivity contribution < 1.29 is 0 Å². The van der Waals surface area contributed by atoms with Gasteiger partial charge in [0.2, 0.25) is 0 Å². The molecule has 0 saturated carbocycles. The number of aryl methyl sites for hydroxylation is 1. The minimum Gasteiger partial charge on any atom is -0.369 e. The molecule has 0 radical (unpaired) electrons. The van der Waals surface area contributed by atoms with E-state index >= 15 is 0 Å². The second kappa shape index (κ2) is 7.40. The summed E-state index contributed by atoms with van der Waals surface area (Å²) >= 11 is 1.66. The Morgan fingerprint density at radius 2 is 1.84 bits per heavy atom. The van der Waals surface area contributed by atoms with Gasteiger partial charge in [0.05, 0.1) is 10.4 Å². The van der Waals surface area contributed by atoms with Gasteiger partial charge in [0, 0.05) is 18.5 Å². The highest BCUT2D eigenvalue weighted by Crippen LogP contribution is 2.27. The first-order valence-corrected chi connectivity index (χ1v) is 9.15. The molecule has 6 nitrogen and oxygen atoms in total. The smallest absolute Gasteiger partial charge is 0.172 e. The molecule has 0 aliphatic carbocycles. The number of unbranched alkanes of at least 4 members (excludes halogenated alkanes) is 1. The van der Waals surface area contributed by atoms with Gasteiger partial charge in [0.15, 0.2) is 5.82 Å². The van der Waals surface area contributed by atoms with Gasteiger partial charge in [-0.05, 0) is 36.4 Å². The lowest BCUT2D eigenvalue weighted by Gasteiger charge is -2.10. The van der Waals surface area contributed by atoms with Crippen molar-refractivity contribution in [1.29, 1.82) is 0 Å². The van der Waals surface area contributed by atoms with Gasteiger partial charge in [-0.2, -0.15) is 0 Å².